The Labute approximate surface area is 108 Å². The number of nitrogens with one attached hydrogen (secondary N) is 1. The van der Waals surface area contributed by atoms with Crippen molar-refractivity contribution in [3.05, 3.63) is 24.3 Å². The summed E-state index contributed by atoms with van der Waals surface area (Å²) < 4.78 is 5.07. The van der Waals surface area contributed by atoms with Crippen LogP contribution in [0.25, 0.3) is 0 Å². The fourth-order valence-corrected chi connectivity index (χ4v) is 1.40. The van der Waals surface area contributed by atoms with Gasteiger partial charge in [-0.05, 0) is 37.1 Å². The van der Waals surface area contributed by atoms with Crippen molar-refractivity contribution in [3.63, 3.8) is 0 Å². The molecule has 0 aromatic heterocycles. The van der Waals surface area contributed by atoms with Crippen LogP contribution in [0.3, 0.4) is 0 Å². The molecular weight excluding hydrogens is 226 g/mol. The summed E-state index contributed by atoms with van der Waals surface area (Å²) in [4.78, 5) is 4.22. The molecule has 0 saturated heterocycles. The fourth-order valence-electron chi connectivity index (χ4n) is 1.40. The molecule has 0 heterocycles. The van der Waals surface area contributed by atoms with Crippen molar-refractivity contribution in [2.75, 3.05) is 19.0 Å². The predicted molar refractivity (Wildman–Crippen MR) is 75.8 cm³/mol. The van der Waals surface area contributed by atoms with Gasteiger partial charge in [0.15, 0.2) is 5.96 Å². The van der Waals surface area contributed by atoms with Gasteiger partial charge in [-0.3, -0.25) is 4.99 Å². The van der Waals surface area contributed by atoms with Crippen LogP contribution in [0.2, 0.25) is 0 Å². The summed E-state index contributed by atoms with van der Waals surface area (Å²) in [5, 5.41) is 3.02. The second-order valence-corrected chi connectivity index (χ2v) is 3.78. The van der Waals surface area contributed by atoms with Gasteiger partial charge in [-0.25, -0.2) is 0 Å². The lowest BCUT2D eigenvalue weighted by atomic mass is 10.2. The smallest absolute Gasteiger partial charge is 0.193 e. The van der Waals surface area contributed by atoms with E-state index in [9.17, 15) is 0 Å². The highest BCUT2D eigenvalue weighted by molar-refractivity contribution is 5.92. The number of methoxy groups -OCH3 is 1. The number of nitrogens with two attached hydrogens (primary N) is 1. The maximum Gasteiger partial charge on any atom is 0.193 e. The molecule has 0 bridgehead atoms. The Balaban J connectivity index is 2.36. The van der Waals surface area contributed by atoms with E-state index >= 15 is 0 Å². The van der Waals surface area contributed by atoms with Crippen molar-refractivity contribution in [2.45, 2.75) is 19.3 Å². The van der Waals surface area contributed by atoms with Crippen molar-refractivity contribution >= 4 is 11.6 Å². The number of unbranched alkanes of at least 4 members (excludes halogenated alkanes) is 2. The Morgan fingerprint density at radius 2 is 2.11 bits per heavy atom. The Morgan fingerprint density at radius 1 is 1.39 bits per heavy atom. The van der Waals surface area contributed by atoms with Gasteiger partial charge < -0.3 is 15.8 Å². The molecule has 0 amide bonds. The highest BCUT2D eigenvalue weighted by atomic mass is 16.5. The van der Waals surface area contributed by atoms with E-state index in [1.807, 2.05) is 24.3 Å². The third-order valence-corrected chi connectivity index (χ3v) is 2.37. The minimum atomic E-state index is 0.417. The maximum absolute atomic E-state index is 5.76. The van der Waals surface area contributed by atoms with Gasteiger partial charge in [-0.1, -0.05) is 0 Å². The summed E-state index contributed by atoms with van der Waals surface area (Å²) in [7, 11) is 1.63. The van der Waals surface area contributed by atoms with E-state index in [4.69, 9.17) is 16.9 Å². The van der Waals surface area contributed by atoms with E-state index in [1.165, 1.54) is 0 Å². The first-order valence-corrected chi connectivity index (χ1v) is 5.90. The number of rotatable bonds is 6. The summed E-state index contributed by atoms with van der Waals surface area (Å²) in [5.74, 6) is 3.83. The maximum atomic E-state index is 5.76. The van der Waals surface area contributed by atoms with Crippen LogP contribution in [0.4, 0.5) is 5.69 Å². The Bertz CT molecular complexity index is 418. The molecule has 96 valence electrons. The number of nitrogens with zero attached hydrogens (tertiary/aromatic N) is 1. The van der Waals surface area contributed by atoms with Crippen LogP contribution >= 0.6 is 0 Å². The van der Waals surface area contributed by atoms with Crippen LogP contribution in [0.1, 0.15) is 19.3 Å². The van der Waals surface area contributed by atoms with Crippen LogP contribution < -0.4 is 15.8 Å². The second kappa shape index (κ2) is 8.02. The van der Waals surface area contributed by atoms with Gasteiger partial charge >= 0.3 is 0 Å². The number of ether oxygens (including phenoxy) is 1. The van der Waals surface area contributed by atoms with Gasteiger partial charge in [0.25, 0.3) is 0 Å². The van der Waals surface area contributed by atoms with Crippen LogP contribution in [0.5, 0.6) is 5.75 Å². The molecule has 4 nitrogen and oxygen atoms in total. The van der Waals surface area contributed by atoms with E-state index < -0.39 is 0 Å². The van der Waals surface area contributed by atoms with Crippen molar-refractivity contribution in [2.24, 2.45) is 10.7 Å². The summed E-state index contributed by atoms with van der Waals surface area (Å²) in [6.45, 7) is 0.691. The Hall–Kier alpha value is -2.15. The zero-order valence-corrected chi connectivity index (χ0v) is 10.6. The number of hydrogen-bond donors (Lipinski definition) is 2. The van der Waals surface area contributed by atoms with Gasteiger partial charge in [0.2, 0.25) is 0 Å². The van der Waals surface area contributed by atoms with E-state index in [2.05, 4.69) is 16.2 Å². The van der Waals surface area contributed by atoms with Gasteiger partial charge in [0, 0.05) is 18.7 Å². The summed E-state index contributed by atoms with van der Waals surface area (Å²) in [6, 6.07) is 7.50. The number of benzene rings is 1. The van der Waals surface area contributed by atoms with Gasteiger partial charge in [-0.15, -0.1) is 12.3 Å². The highest BCUT2D eigenvalue weighted by Crippen LogP contribution is 2.14. The Morgan fingerprint density at radius 3 is 2.72 bits per heavy atom. The first-order chi connectivity index (χ1) is 8.76. The standard InChI is InChI=1S/C14H19N3O/c1-3-4-5-6-11-16-14(15)17-12-7-9-13(18-2)10-8-12/h1,7-10H,4-6,11H2,2H3,(H3,15,16,17). The van der Waals surface area contributed by atoms with E-state index in [1.54, 1.807) is 7.11 Å². The summed E-state index contributed by atoms with van der Waals surface area (Å²) >= 11 is 0. The van der Waals surface area contributed by atoms with Crippen LogP contribution in [0.15, 0.2) is 29.3 Å². The molecule has 1 aromatic carbocycles. The van der Waals surface area contributed by atoms with Gasteiger partial charge in [0.1, 0.15) is 5.75 Å². The number of terminal acetylenes is 1. The van der Waals surface area contributed by atoms with Crippen LogP contribution in [0, 0.1) is 12.3 Å². The third-order valence-electron chi connectivity index (χ3n) is 2.37. The quantitative estimate of drug-likeness (QED) is 0.350. The average Bonchev–Trinajstić information content (AvgIpc) is 2.39. The minimum absolute atomic E-state index is 0.417. The molecule has 3 N–H and O–H groups in total. The molecule has 0 aliphatic carbocycles. The summed E-state index contributed by atoms with van der Waals surface area (Å²) in [6.07, 6.45) is 7.89. The molecular formula is C14H19N3O. The molecule has 0 aliphatic heterocycles. The lowest BCUT2D eigenvalue weighted by molar-refractivity contribution is 0.415. The normalized spacial score (nSPS) is 10.8. The second-order valence-electron chi connectivity index (χ2n) is 3.78. The molecule has 0 saturated carbocycles. The molecule has 0 unspecified atom stereocenters. The van der Waals surface area contributed by atoms with Crippen LogP contribution in [-0.4, -0.2) is 19.6 Å². The molecule has 4 heteroatoms. The summed E-state index contributed by atoms with van der Waals surface area (Å²) in [5.41, 5.74) is 6.65. The first-order valence-electron chi connectivity index (χ1n) is 5.90. The number of hydrogen-bond acceptors (Lipinski definition) is 2. The monoisotopic (exact) mass is 245 g/mol. The molecule has 0 fully saturated rings. The molecule has 18 heavy (non-hydrogen) atoms. The zero-order chi connectivity index (χ0) is 13.2. The van der Waals surface area contributed by atoms with Crippen molar-refractivity contribution in [1.29, 1.82) is 0 Å². The third kappa shape index (κ3) is 5.26. The van der Waals surface area contributed by atoms with Gasteiger partial charge in [-0.2, -0.15) is 0 Å². The molecule has 0 aliphatic rings. The van der Waals surface area contributed by atoms with Crippen molar-refractivity contribution < 1.29 is 4.74 Å². The lowest BCUT2D eigenvalue weighted by Crippen LogP contribution is -2.22. The number of aliphatic imine (C=N–C) groups is 1. The van der Waals surface area contributed by atoms with Crippen molar-refractivity contribution in [1.82, 2.24) is 0 Å². The highest BCUT2D eigenvalue weighted by Gasteiger charge is 1.95. The molecule has 0 spiro atoms. The molecule has 0 radical (unpaired) electrons. The van der Waals surface area contributed by atoms with Crippen molar-refractivity contribution in [3.8, 4) is 18.1 Å². The zero-order valence-electron chi connectivity index (χ0n) is 10.6. The lowest BCUT2D eigenvalue weighted by Gasteiger charge is -2.06. The number of anilines is 1. The number of guanidine groups is 1. The predicted octanol–water partition coefficient (Wildman–Crippen LogP) is 2.23. The molecule has 1 rings (SSSR count). The molecule has 1 aromatic rings. The van der Waals surface area contributed by atoms with Gasteiger partial charge in [0.05, 0.1) is 7.11 Å². The Kier molecular flexibility index (Phi) is 6.20. The van der Waals surface area contributed by atoms with E-state index in [-0.39, 0.29) is 0 Å². The van der Waals surface area contributed by atoms with E-state index in [0.29, 0.717) is 12.5 Å². The largest absolute Gasteiger partial charge is 0.497 e. The van der Waals surface area contributed by atoms with Crippen LogP contribution in [-0.2, 0) is 0 Å². The minimum Gasteiger partial charge on any atom is -0.497 e. The average molecular weight is 245 g/mol. The SMILES string of the molecule is C#CCCCCN=C(N)Nc1ccc(OC)cc1. The molecule has 0 atom stereocenters. The fraction of sp³-hybridized carbons (Fsp3) is 0.357. The van der Waals surface area contributed by atoms with E-state index in [0.717, 1.165) is 30.7 Å². The first kappa shape index (κ1) is 13.9. The topological polar surface area (TPSA) is 59.6 Å².